The SMILES string of the molecule is Nc1cc(C(=O)NC2CC2)n(-c2nc(Cl)nc3ccoc23)n1. The molecule has 1 saturated carbocycles. The summed E-state index contributed by atoms with van der Waals surface area (Å²) in [4.78, 5) is 20.5. The van der Waals surface area contributed by atoms with Crippen molar-refractivity contribution in [3.8, 4) is 5.82 Å². The smallest absolute Gasteiger partial charge is 0.270 e. The molecule has 0 atom stereocenters. The van der Waals surface area contributed by atoms with Gasteiger partial charge < -0.3 is 15.5 Å². The summed E-state index contributed by atoms with van der Waals surface area (Å²) in [5.74, 6) is 0.217. The number of nitrogen functional groups attached to an aromatic ring is 1. The second-order valence-electron chi connectivity index (χ2n) is 5.07. The van der Waals surface area contributed by atoms with E-state index in [0.717, 1.165) is 12.8 Å². The van der Waals surface area contributed by atoms with Gasteiger partial charge in [0, 0.05) is 18.2 Å². The highest BCUT2D eigenvalue weighted by molar-refractivity contribution is 6.28. The van der Waals surface area contributed by atoms with Gasteiger partial charge in [0.2, 0.25) is 11.1 Å². The quantitative estimate of drug-likeness (QED) is 0.708. The molecule has 0 unspecified atom stereocenters. The topological polar surface area (TPSA) is 112 Å². The number of halogens is 1. The van der Waals surface area contributed by atoms with Crippen LogP contribution >= 0.6 is 11.6 Å². The van der Waals surface area contributed by atoms with Crippen LogP contribution in [0.25, 0.3) is 16.9 Å². The van der Waals surface area contributed by atoms with Crippen LogP contribution in [0.4, 0.5) is 5.82 Å². The minimum Gasteiger partial charge on any atom is -0.459 e. The first-order chi connectivity index (χ1) is 10.6. The Morgan fingerprint density at radius 3 is 3.05 bits per heavy atom. The predicted octanol–water partition coefficient (Wildman–Crippen LogP) is 1.54. The fourth-order valence-electron chi connectivity index (χ4n) is 2.17. The molecule has 8 nitrogen and oxygen atoms in total. The summed E-state index contributed by atoms with van der Waals surface area (Å²) in [5, 5.41) is 7.05. The number of carbonyl (C=O) groups is 1. The van der Waals surface area contributed by atoms with Gasteiger partial charge in [0.15, 0.2) is 5.58 Å². The third-order valence-electron chi connectivity index (χ3n) is 3.33. The fourth-order valence-corrected chi connectivity index (χ4v) is 2.34. The summed E-state index contributed by atoms with van der Waals surface area (Å²) >= 11 is 5.93. The summed E-state index contributed by atoms with van der Waals surface area (Å²) in [6, 6.07) is 3.36. The zero-order valence-electron chi connectivity index (χ0n) is 11.3. The van der Waals surface area contributed by atoms with Gasteiger partial charge in [-0.15, -0.1) is 5.10 Å². The van der Waals surface area contributed by atoms with E-state index in [-0.39, 0.29) is 34.6 Å². The van der Waals surface area contributed by atoms with Crippen molar-refractivity contribution in [1.29, 1.82) is 0 Å². The Morgan fingerprint density at radius 1 is 1.45 bits per heavy atom. The lowest BCUT2D eigenvalue weighted by Gasteiger charge is -2.07. The first-order valence-corrected chi connectivity index (χ1v) is 7.07. The molecular weight excluding hydrogens is 308 g/mol. The van der Waals surface area contributed by atoms with Crippen LogP contribution in [0, 0.1) is 0 Å². The monoisotopic (exact) mass is 318 g/mol. The Labute approximate surface area is 129 Å². The van der Waals surface area contributed by atoms with Crippen molar-refractivity contribution < 1.29 is 9.21 Å². The van der Waals surface area contributed by atoms with Crippen molar-refractivity contribution in [2.45, 2.75) is 18.9 Å². The summed E-state index contributed by atoms with van der Waals surface area (Å²) in [5.41, 5.74) is 6.92. The standard InChI is InChI=1S/C13H11ClN6O2/c14-13-17-7-3-4-22-10(7)11(18-13)20-8(5-9(15)19-20)12(21)16-6-1-2-6/h3-6H,1-2H2,(H2,15,19)(H,16,21). The number of nitrogens with one attached hydrogen (secondary N) is 1. The summed E-state index contributed by atoms with van der Waals surface area (Å²) in [6.07, 6.45) is 3.43. The molecule has 3 aromatic heterocycles. The van der Waals surface area contributed by atoms with Crippen LogP contribution in [0.2, 0.25) is 5.28 Å². The van der Waals surface area contributed by atoms with Crippen molar-refractivity contribution in [2.75, 3.05) is 5.73 Å². The average molecular weight is 319 g/mol. The largest absolute Gasteiger partial charge is 0.459 e. The highest BCUT2D eigenvalue weighted by Gasteiger charge is 2.27. The summed E-state index contributed by atoms with van der Waals surface area (Å²) in [7, 11) is 0. The Balaban J connectivity index is 1.87. The Bertz CT molecular complexity index is 882. The van der Waals surface area contributed by atoms with Crippen molar-refractivity contribution in [1.82, 2.24) is 25.1 Å². The minimum absolute atomic E-state index is 0.0338. The Morgan fingerprint density at radius 2 is 2.27 bits per heavy atom. The van der Waals surface area contributed by atoms with Crippen LogP contribution in [0.1, 0.15) is 23.3 Å². The highest BCUT2D eigenvalue weighted by Crippen LogP contribution is 2.25. The third-order valence-corrected chi connectivity index (χ3v) is 3.50. The number of furan rings is 1. The van der Waals surface area contributed by atoms with Crippen LogP contribution in [0.5, 0.6) is 0 Å². The molecule has 3 heterocycles. The number of rotatable bonds is 3. The van der Waals surface area contributed by atoms with Gasteiger partial charge in [0.1, 0.15) is 17.0 Å². The van der Waals surface area contributed by atoms with Gasteiger partial charge in [-0.2, -0.15) is 4.98 Å². The first kappa shape index (κ1) is 13.1. The first-order valence-electron chi connectivity index (χ1n) is 6.69. The van der Waals surface area contributed by atoms with Gasteiger partial charge >= 0.3 is 0 Å². The second-order valence-corrected chi connectivity index (χ2v) is 5.40. The maximum atomic E-state index is 12.3. The number of nitrogens with two attached hydrogens (primary N) is 1. The van der Waals surface area contributed by atoms with E-state index in [4.69, 9.17) is 21.8 Å². The lowest BCUT2D eigenvalue weighted by atomic mass is 10.3. The predicted molar refractivity (Wildman–Crippen MR) is 78.8 cm³/mol. The van der Waals surface area contributed by atoms with E-state index >= 15 is 0 Å². The molecule has 1 aliphatic carbocycles. The van der Waals surface area contributed by atoms with Crippen molar-refractivity contribution >= 4 is 34.4 Å². The number of hydrogen-bond donors (Lipinski definition) is 2. The van der Waals surface area contributed by atoms with Crippen molar-refractivity contribution in [3.63, 3.8) is 0 Å². The van der Waals surface area contributed by atoms with Gasteiger partial charge in [0.25, 0.3) is 5.91 Å². The minimum atomic E-state index is -0.263. The molecule has 1 amide bonds. The number of aromatic nitrogens is 4. The number of nitrogens with zero attached hydrogens (tertiary/aromatic N) is 4. The van der Waals surface area contributed by atoms with E-state index in [0.29, 0.717) is 11.1 Å². The molecule has 0 spiro atoms. The molecule has 22 heavy (non-hydrogen) atoms. The molecule has 112 valence electrons. The summed E-state index contributed by atoms with van der Waals surface area (Å²) in [6.45, 7) is 0. The molecule has 3 N–H and O–H groups in total. The van der Waals surface area contributed by atoms with Gasteiger partial charge in [0.05, 0.1) is 6.26 Å². The number of amides is 1. The van der Waals surface area contributed by atoms with E-state index in [1.807, 2.05) is 0 Å². The number of carbonyl (C=O) groups excluding carboxylic acids is 1. The molecule has 1 aliphatic rings. The van der Waals surface area contributed by atoms with E-state index in [2.05, 4.69) is 20.4 Å². The van der Waals surface area contributed by atoms with Crippen LogP contribution in [-0.2, 0) is 0 Å². The molecule has 1 fully saturated rings. The van der Waals surface area contributed by atoms with Crippen molar-refractivity contribution in [2.24, 2.45) is 0 Å². The van der Waals surface area contributed by atoms with Crippen molar-refractivity contribution in [3.05, 3.63) is 29.4 Å². The molecule has 0 radical (unpaired) electrons. The molecular formula is C13H11ClN6O2. The Kier molecular flexibility index (Phi) is 2.80. The van der Waals surface area contributed by atoms with Gasteiger partial charge in [-0.05, 0) is 24.4 Å². The lowest BCUT2D eigenvalue weighted by Crippen LogP contribution is -2.27. The van der Waals surface area contributed by atoms with E-state index in [1.165, 1.54) is 17.0 Å². The van der Waals surface area contributed by atoms with Crippen LogP contribution in [-0.4, -0.2) is 31.7 Å². The molecule has 0 saturated heterocycles. The third kappa shape index (κ3) is 2.17. The molecule has 0 aliphatic heterocycles. The van der Waals surface area contributed by atoms with Gasteiger partial charge in [-0.25, -0.2) is 9.67 Å². The molecule has 4 rings (SSSR count). The van der Waals surface area contributed by atoms with Gasteiger partial charge in [-0.3, -0.25) is 4.79 Å². The molecule has 9 heteroatoms. The number of fused-ring (bicyclic) bond motifs is 1. The second kappa shape index (κ2) is 4.70. The van der Waals surface area contributed by atoms with Crippen LogP contribution in [0.15, 0.2) is 22.8 Å². The number of anilines is 1. The van der Waals surface area contributed by atoms with Crippen LogP contribution in [0.3, 0.4) is 0 Å². The zero-order chi connectivity index (χ0) is 15.3. The van der Waals surface area contributed by atoms with E-state index in [9.17, 15) is 4.79 Å². The summed E-state index contributed by atoms with van der Waals surface area (Å²) < 4.78 is 6.70. The lowest BCUT2D eigenvalue weighted by molar-refractivity contribution is 0.0943. The highest BCUT2D eigenvalue weighted by atomic mass is 35.5. The van der Waals surface area contributed by atoms with E-state index in [1.54, 1.807) is 6.07 Å². The molecule has 3 aromatic rings. The maximum absolute atomic E-state index is 12.3. The zero-order valence-corrected chi connectivity index (χ0v) is 12.0. The van der Waals surface area contributed by atoms with Crippen LogP contribution < -0.4 is 11.1 Å². The normalized spacial score (nSPS) is 14.4. The molecule has 0 aromatic carbocycles. The number of hydrogen-bond acceptors (Lipinski definition) is 6. The average Bonchev–Trinajstić information content (AvgIpc) is 3.01. The molecule has 0 bridgehead atoms. The van der Waals surface area contributed by atoms with E-state index < -0.39 is 0 Å². The van der Waals surface area contributed by atoms with Gasteiger partial charge in [-0.1, -0.05) is 0 Å². The Hall–Kier alpha value is -2.61. The fraction of sp³-hybridized carbons (Fsp3) is 0.231. The maximum Gasteiger partial charge on any atom is 0.270 e.